The highest BCUT2D eigenvalue weighted by Crippen LogP contribution is 2.22. The highest BCUT2D eigenvalue weighted by atomic mass is 32.2. The van der Waals surface area contributed by atoms with E-state index in [0.717, 1.165) is 17.7 Å². The fourth-order valence-corrected chi connectivity index (χ4v) is 5.28. The van der Waals surface area contributed by atoms with Crippen LogP contribution in [0.1, 0.15) is 31.4 Å². The molecule has 1 amide bonds. The number of hydrogen-bond donors (Lipinski definition) is 0. The Morgan fingerprint density at radius 2 is 1.57 bits per heavy atom. The predicted molar refractivity (Wildman–Crippen MR) is 117 cm³/mol. The third-order valence-electron chi connectivity index (χ3n) is 5.25. The van der Waals surface area contributed by atoms with Crippen LogP contribution in [0.25, 0.3) is 0 Å². The number of hydrogen-bond acceptors (Lipinski definition) is 5. The molecular weight excluding hydrogens is 402 g/mol. The van der Waals surface area contributed by atoms with Crippen LogP contribution in [-0.2, 0) is 27.6 Å². The molecule has 0 saturated carbocycles. The molecule has 2 aromatic carbocycles. The normalized spacial score (nSPS) is 17.5. The van der Waals surface area contributed by atoms with Crippen molar-refractivity contribution in [3.63, 3.8) is 0 Å². The van der Waals surface area contributed by atoms with Crippen LogP contribution >= 0.6 is 0 Å². The maximum Gasteiger partial charge on any atom is 0.261 e. The minimum atomic E-state index is -3.11. The number of amides is 1. The average molecular weight is 432 g/mol. The van der Waals surface area contributed by atoms with Crippen LogP contribution in [0, 0.1) is 0 Å². The Morgan fingerprint density at radius 3 is 2.10 bits per heavy atom. The summed E-state index contributed by atoms with van der Waals surface area (Å²) < 4.78 is 35.1. The van der Waals surface area contributed by atoms with Crippen molar-refractivity contribution >= 4 is 15.7 Å². The molecular formula is C23H29NO5S. The van der Waals surface area contributed by atoms with Crippen molar-refractivity contribution in [2.75, 3.05) is 24.7 Å². The third kappa shape index (κ3) is 5.98. The molecule has 162 valence electrons. The zero-order chi connectivity index (χ0) is 21.6. The Morgan fingerprint density at radius 1 is 0.967 bits per heavy atom. The quantitative estimate of drug-likeness (QED) is 0.609. The third-order valence-corrected chi connectivity index (χ3v) is 7.00. The summed E-state index contributed by atoms with van der Waals surface area (Å²) in [6, 6.07) is 14.8. The largest absolute Gasteiger partial charge is 0.494 e. The van der Waals surface area contributed by atoms with Crippen LogP contribution in [0.3, 0.4) is 0 Å². The highest BCUT2D eigenvalue weighted by molar-refractivity contribution is 7.91. The zero-order valence-corrected chi connectivity index (χ0v) is 18.4. The molecule has 2 aromatic rings. The lowest BCUT2D eigenvalue weighted by Crippen LogP contribution is -2.43. The average Bonchev–Trinajstić information content (AvgIpc) is 3.11. The van der Waals surface area contributed by atoms with Gasteiger partial charge in [0.15, 0.2) is 16.4 Å². The van der Waals surface area contributed by atoms with Gasteiger partial charge in [0, 0.05) is 12.6 Å². The molecule has 1 fully saturated rings. The van der Waals surface area contributed by atoms with E-state index in [1.54, 1.807) is 4.90 Å². The summed E-state index contributed by atoms with van der Waals surface area (Å²) in [5.74, 6) is 1.29. The van der Waals surface area contributed by atoms with E-state index in [4.69, 9.17) is 9.47 Å². The van der Waals surface area contributed by atoms with Crippen LogP contribution in [-0.4, -0.2) is 50.0 Å². The first-order chi connectivity index (χ1) is 14.4. The van der Waals surface area contributed by atoms with Crippen molar-refractivity contribution in [2.45, 2.75) is 39.3 Å². The lowest BCUT2D eigenvalue weighted by Gasteiger charge is -2.28. The van der Waals surface area contributed by atoms with Crippen molar-refractivity contribution in [3.05, 3.63) is 59.7 Å². The fraction of sp³-hybridized carbons (Fsp3) is 0.435. The molecule has 0 radical (unpaired) electrons. The van der Waals surface area contributed by atoms with E-state index in [-0.39, 0.29) is 30.1 Å². The van der Waals surface area contributed by atoms with Gasteiger partial charge in [0.2, 0.25) is 0 Å². The predicted octanol–water partition coefficient (Wildman–Crippen LogP) is 3.24. The summed E-state index contributed by atoms with van der Waals surface area (Å²) >= 11 is 0. The number of rotatable bonds is 9. The number of sulfone groups is 1. The first-order valence-corrected chi connectivity index (χ1v) is 12.2. The maximum absolute atomic E-state index is 13.0. The van der Waals surface area contributed by atoms with Crippen molar-refractivity contribution in [2.24, 2.45) is 0 Å². The molecule has 0 N–H and O–H groups in total. The summed E-state index contributed by atoms with van der Waals surface area (Å²) in [6.45, 7) is 4.79. The summed E-state index contributed by atoms with van der Waals surface area (Å²) in [6.07, 6.45) is 1.39. The molecule has 1 aliphatic heterocycles. The number of aryl methyl sites for hydroxylation is 1. The highest BCUT2D eigenvalue weighted by Gasteiger charge is 2.34. The van der Waals surface area contributed by atoms with Gasteiger partial charge in [0.05, 0.1) is 18.1 Å². The smallest absolute Gasteiger partial charge is 0.261 e. The van der Waals surface area contributed by atoms with Crippen molar-refractivity contribution in [1.82, 2.24) is 4.90 Å². The molecule has 1 aliphatic rings. The van der Waals surface area contributed by atoms with Crippen LogP contribution in [0.5, 0.6) is 11.5 Å². The number of nitrogens with zero attached hydrogens (tertiary/aromatic N) is 1. The Labute approximate surface area is 178 Å². The topological polar surface area (TPSA) is 72.9 Å². The number of carbonyl (C=O) groups excluding carboxylic acids is 1. The number of carbonyl (C=O) groups is 1. The summed E-state index contributed by atoms with van der Waals surface area (Å²) in [4.78, 5) is 14.6. The van der Waals surface area contributed by atoms with E-state index in [1.807, 2.05) is 55.5 Å². The molecule has 1 unspecified atom stereocenters. The van der Waals surface area contributed by atoms with Gasteiger partial charge >= 0.3 is 0 Å². The fourth-order valence-electron chi connectivity index (χ4n) is 3.55. The number of benzene rings is 2. The molecule has 1 saturated heterocycles. The van der Waals surface area contributed by atoms with Crippen molar-refractivity contribution < 1.29 is 22.7 Å². The van der Waals surface area contributed by atoms with Crippen LogP contribution in [0.15, 0.2) is 48.5 Å². The molecule has 3 rings (SSSR count). The van der Waals surface area contributed by atoms with Gasteiger partial charge in [-0.05, 0) is 55.2 Å². The van der Waals surface area contributed by atoms with Gasteiger partial charge in [-0.1, -0.05) is 31.2 Å². The van der Waals surface area contributed by atoms with E-state index in [0.29, 0.717) is 25.3 Å². The van der Waals surface area contributed by atoms with Gasteiger partial charge in [0.25, 0.3) is 5.91 Å². The Balaban J connectivity index is 1.70. The van der Waals surface area contributed by atoms with E-state index < -0.39 is 9.84 Å². The second-order valence-corrected chi connectivity index (χ2v) is 9.67. The molecule has 7 heteroatoms. The van der Waals surface area contributed by atoms with Gasteiger partial charge in [0.1, 0.15) is 11.5 Å². The molecule has 30 heavy (non-hydrogen) atoms. The molecule has 0 spiro atoms. The minimum absolute atomic E-state index is 0.000959. The van der Waals surface area contributed by atoms with Gasteiger partial charge in [-0.15, -0.1) is 0 Å². The van der Waals surface area contributed by atoms with Crippen molar-refractivity contribution in [3.8, 4) is 11.5 Å². The van der Waals surface area contributed by atoms with E-state index in [2.05, 4.69) is 6.92 Å². The van der Waals surface area contributed by atoms with Crippen LogP contribution in [0.4, 0.5) is 0 Å². The molecule has 6 nitrogen and oxygen atoms in total. The summed E-state index contributed by atoms with van der Waals surface area (Å²) in [5, 5.41) is 0. The maximum atomic E-state index is 13.0. The van der Waals surface area contributed by atoms with Gasteiger partial charge in [-0.2, -0.15) is 0 Å². The SMILES string of the molecule is CCOc1ccc(CN(C(=O)COc2ccc(CC)cc2)C2CCS(=O)(=O)C2)cc1. The summed E-state index contributed by atoms with van der Waals surface area (Å²) in [7, 11) is -3.11. The number of ether oxygens (including phenoxy) is 2. The Bertz CT molecular complexity index is 939. The second kappa shape index (κ2) is 9.98. The van der Waals surface area contributed by atoms with Gasteiger partial charge < -0.3 is 14.4 Å². The van der Waals surface area contributed by atoms with E-state index in [9.17, 15) is 13.2 Å². The van der Waals surface area contributed by atoms with Gasteiger partial charge in [-0.25, -0.2) is 8.42 Å². The standard InChI is InChI=1S/C23H29NO5S/c1-3-18-5-9-22(10-6-18)29-16-23(25)24(20-13-14-30(26,27)17-20)15-19-7-11-21(12-8-19)28-4-2/h5-12,20H,3-4,13-17H2,1-2H3. The zero-order valence-electron chi connectivity index (χ0n) is 17.5. The van der Waals surface area contributed by atoms with Crippen LogP contribution < -0.4 is 9.47 Å². The molecule has 0 aromatic heterocycles. The first kappa shape index (κ1) is 22.2. The van der Waals surface area contributed by atoms with Gasteiger partial charge in [-0.3, -0.25) is 4.79 Å². The van der Waals surface area contributed by atoms with E-state index in [1.165, 1.54) is 5.56 Å². The molecule has 0 bridgehead atoms. The molecule has 1 atom stereocenters. The van der Waals surface area contributed by atoms with E-state index >= 15 is 0 Å². The van der Waals surface area contributed by atoms with Crippen LogP contribution in [0.2, 0.25) is 0 Å². The van der Waals surface area contributed by atoms with Crippen molar-refractivity contribution in [1.29, 1.82) is 0 Å². The molecule has 1 heterocycles. The minimum Gasteiger partial charge on any atom is -0.494 e. The monoisotopic (exact) mass is 431 g/mol. The lowest BCUT2D eigenvalue weighted by molar-refractivity contribution is -0.136. The Kier molecular flexibility index (Phi) is 7.37. The summed E-state index contributed by atoms with van der Waals surface area (Å²) in [5.41, 5.74) is 2.12. The lowest BCUT2D eigenvalue weighted by atomic mass is 10.1. The second-order valence-electron chi connectivity index (χ2n) is 7.44. The Hall–Kier alpha value is -2.54. The molecule has 0 aliphatic carbocycles. The first-order valence-electron chi connectivity index (χ1n) is 10.3.